The van der Waals surface area contributed by atoms with Gasteiger partial charge in [-0.15, -0.1) is 28.2 Å². The third-order valence-corrected chi connectivity index (χ3v) is 8.81. The first-order chi connectivity index (χ1) is 21.2. The molecule has 0 radical (unpaired) electrons. The van der Waals surface area contributed by atoms with E-state index in [1.807, 2.05) is 0 Å². The van der Waals surface area contributed by atoms with Crippen molar-refractivity contribution in [1.29, 1.82) is 0 Å². The highest BCUT2D eigenvalue weighted by Crippen LogP contribution is 2.41. The maximum Gasteiger partial charge on any atom is 0.355 e. The minimum absolute atomic E-state index is 0.0175. The average Bonchev–Trinajstić information content (AvgIpc) is 3.65. The Morgan fingerprint density at radius 1 is 1.32 bits per heavy atom. The standard InChI is InChI=1S/C22H22N10O9S3/c1-3-4-41-28-13(12-8-43-21(24-12)23-9-33)16(34)25-14-17(35)32-15(20(38)39)10(6-42-18(14)32)7-44-22-26-29-30-31(22)5-11(19(36)37)27-40-2/h3,8-9,14,18H,1,4-7H2,2H3,(H,25,34)(H,36,37)(H,38,39)(H,23,24,33)/t14?,18-/m1/s1. The molecule has 2 aliphatic heterocycles. The average molecular weight is 667 g/mol. The smallest absolute Gasteiger partial charge is 0.355 e. The minimum atomic E-state index is -1.35. The number of carbonyl (C=O) groups is 5. The Labute approximate surface area is 259 Å². The fourth-order valence-electron chi connectivity index (χ4n) is 3.80. The van der Waals surface area contributed by atoms with Crippen LogP contribution >= 0.6 is 34.9 Å². The number of nitrogens with one attached hydrogen (secondary N) is 2. The quantitative estimate of drug-likeness (QED) is 0.0326. The van der Waals surface area contributed by atoms with Gasteiger partial charge in [0, 0.05) is 16.9 Å². The molecule has 1 fully saturated rings. The molecule has 0 spiro atoms. The molecule has 2 aromatic heterocycles. The first kappa shape index (κ1) is 32.1. The summed E-state index contributed by atoms with van der Waals surface area (Å²) < 4.78 is 1.16. The summed E-state index contributed by atoms with van der Waals surface area (Å²) in [7, 11) is 1.19. The number of fused-ring (bicyclic) bond motifs is 1. The van der Waals surface area contributed by atoms with Gasteiger partial charge in [0.05, 0.1) is 6.54 Å². The lowest BCUT2D eigenvalue weighted by Crippen LogP contribution is -2.71. The minimum Gasteiger partial charge on any atom is -0.477 e. The van der Waals surface area contributed by atoms with Gasteiger partial charge in [0.25, 0.3) is 11.8 Å². The number of oxime groups is 2. The van der Waals surface area contributed by atoms with E-state index in [2.05, 4.69) is 52.9 Å². The summed E-state index contributed by atoms with van der Waals surface area (Å²) in [5.74, 6) is -3.89. The van der Waals surface area contributed by atoms with Crippen LogP contribution < -0.4 is 10.6 Å². The number of carboxylic acids is 2. The van der Waals surface area contributed by atoms with E-state index in [0.29, 0.717) is 12.0 Å². The van der Waals surface area contributed by atoms with Crippen LogP contribution in [0.4, 0.5) is 5.13 Å². The molecule has 4 rings (SSSR count). The molecule has 4 N–H and O–H groups in total. The van der Waals surface area contributed by atoms with Gasteiger partial charge in [-0.3, -0.25) is 19.3 Å². The van der Waals surface area contributed by atoms with Crippen molar-refractivity contribution in [1.82, 2.24) is 35.4 Å². The number of aliphatic carboxylic acids is 2. The number of thiazole rings is 1. The highest BCUT2D eigenvalue weighted by molar-refractivity contribution is 8.01. The highest BCUT2D eigenvalue weighted by Gasteiger charge is 2.54. The van der Waals surface area contributed by atoms with Crippen LogP contribution in [0.1, 0.15) is 5.69 Å². The predicted octanol–water partition coefficient (Wildman–Crippen LogP) is -0.777. The summed E-state index contributed by atoms with van der Waals surface area (Å²) in [5, 5.41) is 43.7. The number of β-lactam (4-membered cyclic amide) rings is 1. The number of anilines is 1. The van der Waals surface area contributed by atoms with E-state index < -0.39 is 35.2 Å². The summed E-state index contributed by atoms with van der Waals surface area (Å²) in [5.41, 5.74) is -0.402. The summed E-state index contributed by atoms with van der Waals surface area (Å²) >= 11 is 3.31. The molecule has 0 bridgehead atoms. The number of tetrazole rings is 1. The van der Waals surface area contributed by atoms with Crippen molar-refractivity contribution in [2.45, 2.75) is 23.1 Å². The largest absolute Gasteiger partial charge is 0.477 e. The fourth-order valence-corrected chi connectivity index (χ4v) is 6.82. The number of carbonyl (C=O) groups excluding carboxylic acids is 3. The van der Waals surface area contributed by atoms with E-state index in [1.165, 1.54) is 30.3 Å². The van der Waals surface area contributed by atoms with Crippen molar-refractivity contribution in [3.05, 3.63) is 35.0 Å². The lowest BCUT2D eigenvalue weighted by atomic mass is 10.0. The van der Waals surface area contributed by atoms with E-state index in [9.17, 15) is 34.2 Å². The molecule has 0 aliphatic carbocycles. The Morgan fingerprint density at radius 2 is 2.11 bits per heavy atom. The zero-order chi connectivity index (χ0) is 31.8. The van der Waals surface area contributed by atoms with Gasteiger partial charge in [0.2, 0.25) is 11.6 Å². The Morgan fingerprint density at radius 3 is 2.80 bits per heavy atom. The van der Waals surface area contributed by atoms with E-state index in [0.717, 1.165) is 32.7 Å². The summed E-state index contributed by atoms with van der Waals surface area (Å²) in [6.45, 7) is 3.18. The van der Waals surface area contributed by atoms with Gasteiger partial charge in [-0.2, -0.15) is 0 Å². The van der Waals surface area contributed by atoms with Crippen LogP contribution in [0.5, 0.6) is 0 Å². The van der Waals surface area contributed by atoms with Crippen LogP contribution in [-0.2, 0) is 40.2 Å². The van der Waals surface area contributed by atoms with Crippen molar-refractivity contribution in [2.24, 2.45) is 10.3 Å². The van der Waals surface area contributed by atoms with Crippen molar-refractivity contribution in [2.75, 3.05) is 30.5 Å². The van der Waals surface area contributed by atoms with Crippen molar-refractivity contribution in [3.63, 3.8) is 0 Å². The maximum absolute atomic E-state index is 13.2. The number of rotatable bonds is 16. The Bertz CT molecular complexity index is 1570. The predicted molar refractivity (Wildman–Crippen MR) is 155 cm³/mol. The van der Waals surface area contributed by atoms with Gasteiger partial charge in [-0.25, -0.2) is 19.3 Å². The molecule has 22 heteroatoms. The van der Waals surface area contributed by atoms with Crippen molar-refractivity contribution >= 4 is 81.6 Å². The third kappa shape index (κ3) is 7.03. The van der Waals surface area contributed by atoms with Gasteiger partial charge in [-0.05, 0) is 16.0 Å². The Hall–Kier alpha value is -4.83. The molecule has 0 saturated carbocycles. The maximum atomic E-state index is 13.2. The molecule has 2 atom stereocenters. The molecule has 19 nitrogen and oxygen atoms in total. The zero-order valence-electron chi connectivity index (χ0n) is 22.5. The molecular weight excluding hydrogens is 645 g/mol. The number of aromatic nitrogens is 5. The van der Waals surface area contributed by atoms with Crippen LogP contribution in [0.3, 0.4) is 0 Å². The normalized spacial score (nSPS) is 18.2. The molecule has 4 heterocycles. The monoisotopic (exact) mass is 666 g/mol. The van der Waals surface area contributed by atoms with Crippen LogP contribution in [-0.4, -0.2) is 119 Å². The molecule has 0 aromatic carbocycles. The molecule has 232 valence electrons. The Balaban J connectivity index is 1.48. The Kier molecular flexibility index (Phi) is 10.6. The lowest BCUT2D eigenvalue weighted by molar-refractivity contribution is -0.150. The molecule has 1 saturated heterocycles. The summed E-state index contributed by atoms with van der Waals surface area (Å²) in [6.07, 6.45) is 1.83. The molecular formula is C22H22N10O9S3. The number of nitrogens with zero attached hydrogens (tertiary/aromatic N) is 8. The van der Waals surface area contributed by atoms with E-state index in [1.54, 1.807) is 0 Å². The third-order valence-electron chi connectivity index (χ3n) is 5.65. The molecule has 44 heavy (non-hydrogen) atoms. The summed E-state index contributed by atoms with van der Waals surface area (Å²) in [6, 6.07) is -1.08. The molecule has 2 aromatic rings. The second-order valence-electron chi connectivity index (χ2n) is 8.38. The highest BCUT2D eigenvalue weighted by atomic mass is 32.2. The van der Waals surface area contributed by atoms with Gasteiger partial charge >= 0.3 is 11.9 Å². The molecule has 1 unspecified atom stereocenters. The van der Waals surface area contributed by atoms with Crippen molar-refractivity contribution < 1.29 is 43.9 Å². The van der Waals surface area contributed by atoms with E-state index >= 15 is 0 Å². The topological polar surface area (TPSA) is 253 Å². The molecule has 3 amide bonds. The number of thioether (sulfide) groups is 2. The number of hydrogen-bond acceptors (Lipinski definition) is 16. The second kappa shape index (κ2) is 14.6. The lowest BCUT2D eigenvalue weighted by Gasteiger charge is -2.49. The van der Waals surface area contributed by atoms with Crippen molar-refractivity contribution in [3.8, 4) is 0 Å². The van der Waals surface area contributed by atoms with Crippen LogP contribution in [0, 0.1) is 0 Å². The first-order valence-electron chi connectivity index (χ1n) is 12.1. The fraction of sp³-hybridized carbons (Fsp3) is 0.318. The second-order valence-corrected chi connectivity index (χ2v) is 11.3. The van der Waals surface area contributed by atoms with Gasteiger partial charge in [0.1, 0.15) is 36.5 Å². The number of hydrogen-bond donors (Lipinski definition) is 4. The summed E-state index contributed by atoms with van der Waals surface area (Å²) in [4.78, 5) is 75.5. The van der Waals surface area contributed by atoms with Crippen LogP contribution in [0.25, 0.3) is 0 Å². The van der Waals surface area contributed by atoms with Gasteiger partial charge in [-0.1, -0.05) is 34.7 Å². The number of carboxylic acid groups (broad SMARTS) is 2. The van der Waals surface area contributed by atoms with Crippen LogP contribution in [0.15, 0.2) is 44.8 Å². The van der Waals surface area contributed by atoms with Gasteiger partial charge < -0.3 is 30.5 Å². The zero-order valence-corrected chi connectivity index (χ0v) is 24.9. The number of amides is 3. The van der Waals surface area contributed by atoms with E-state index in [-0.39, 0.29) is 57.8 Å². The molecule has 2 aliphatic rings. The van der Waals surface area contributed by atoms with E-state index in [4.69, 9.17) is 4.84 Å². The van der Waals surface area contributed by atoms with Crippen LogP contribution in [0.2, 0.25) is 0 Å². The first-order valence-corrected chi connectivity index (χ1v) is 15.0. The van der Waals surface area contributed by atoms with Gasteiger partial charge in [0.15, 0.2) is 16.6 Å². The SMILES string of the molecule is C=CCON=C(C(=O)NC1C(=O)N2C(C(=O)O)=C(CSc3nnnn3CC(=NOC)C(=O)O)CS[C@H]12)c1csc(NC=O)n1.